The predicted molar refractivity (Wildman–Crippen MR) is 132 cm³/mol. The van der Waals surface area contributed by atoms with Crippen LogP contribution in [-0.2, 0) is 16.0 Å². The first-order valence-corrected chi connectivity index (χ1v) is 11.9. The lowest BCUT2D eigenvalue weighted by Gasteiger charge is -2.34. The van der Waals surface area contributed by atoms with Crippen molar-refractivity contribution in [2.75, 3.05) is 42.1 Å². The molecular formula is C25H27N5O2S. The zero-order valence-electron chi connectivity index (χ0n) is 18.6. The predicted octanol–water partition coefficient (Wildman–Crippen LogP) is 3.41. The molecular weight excluding hydrogens is 434 g/mol. The summed E-state index contributed by atoms with van der Waals surface area (Å²) in [5, 5.41) is 2.92. The van der Waals surface area contributed by atoms with E-state index in [2.05, 4.69) is 20.2 Å². The summed E-state index contributed by atoms with van der Waals surface area (Å²) in [6.07, 6.45) is 3.81. The zero-order valence-corrected chi connectivity index (χ0v) is 19.4. The third-order valence-corrected chi connectivity index (χ3v) is 6.46. The van der Waals surface area contributed by atoms with Gasteiger partial charge in [-0.05, 0) is 42.8 Å². The maximum absolute atomic E-state index is 12.7. The van der Waals surface area contributed by atoms with E-state index in [9.17, 15) is 9.59 Å². The highest BCUT2D eigenvalue weighted by atomic mass is 32.2. The van der Waals surface area contributed by atoms with Crippen LogP contribution < -0.4 is 10.2 Å². The standard InChI is InChI=1S/C25H27N5O2S/c1-19-3-9-22(10-4-19)33-18-23(31)28-21-7-5-20(6-8-21)17-24(32)29-13-15-30(16-14-29)25-26-11-2-12-27-25/h2-12H,13-18H2,1H3,(H,28,31). The highest BCUT2D eigenvalue weighted by molar-refractivity contribution is 8.00. The van der Waals surface area contributed by atoms with Crippen LogP contribution in [0.2, 0.25) is 0 Å². The second-order valence-electron chi connectivity index (χ2n) is 7.94. The number of thioether (sulfide) groups is 1. The van der Waals surface area contributed by atoms with E-state index in [-0.39, 0.29) is 11.8 Å². The molecule has 4 rings (SSSR count). The lowest BCUT2D eigenvalue weighted by molar-refractivity contribution is -0.130. The van der Waals surface area contributed by atoms with Crippen molar-refractivity contribution in [3.05, 3.63) is 78.1 Å². The second-order valence-corrected chi connectivity index (χ2v) is 8.99. The summed E-state index contributed by atoms with van der Waals surface area (Å²) < 4.78 is 0. The largest absolute Gasteiger partial charge is 0.339 e. The van der Waals surface area contributed by atoms with Crippen molar-refractivity contribution in [2.45, 2.75) is 18.2 Å². The van der Waals surface area contributed by atoms with Gasteiger partial charge in [0.2, 0.25) is 17.8 Å². The van der Waals surface area contributed by atoms with Crippen molar-refractivity contribution in [3.63, 3.8) is 0 Å². The zero-order chi connectivity index (χ0) is 23.0. The molecule has 1 N–H and O–H groups in total. The Labute approximate surface area is 198 Å². The lowest BCUT2D eigenvalue weighted by Crippen LogP contribution is -2.49. The Balaban J connectivity index is 1.21. The first-order chi connectivity index (χ1) is 16.1. The molecule has 33 heavy (non-hydrogen) atoms. The average molecular weight is 462 g/mol. The van der Waals surface area contributed by atoms with E-state index in [4.69, 9.17) is 0 Å². The molecule has 170 valence electrons. The fraction of sp³-hybridized carbons (Fsp3) is 0.280. The Bertz CT molecular complexity index is 1070. The van der Waals surface area contributed by atoms with Gasteiger partial charge in [0.15, 0.2) is 0 Å². The van der Waals surface area contributed by atoms with Crippen LogP contribution in [0.4, 0.5) is 11.6 Å². The third kappa shape index (κ3) is 6.55. The third-order valence-electron chi connectivity index (χ3n) is 5.45. The maximum atomic E-state index is 12.7. The molecule has 7 nitrogen and oxygen atoms in total. The minimum Gasteiger partial charge on any atom is -0.339 e. The average Bonchev–Trinajstić information content (AvgIpc) is 2.85. The van der Waals surface area contributed by atoms with Crippen LogP contribution in [0.1, 0.15) is 11.1 Å². The van der Waals surface area contributed by atoms with Gasteiger partial charge in [0.1, 0.15) is 0 Å². The van der Waals surface area contributed by atoms with Crippen molar-refractivity contribution < 1.29 is 9.59 Å². The van der Waals surface area contributed by atoms with Gasteiger partial charge in [0.25, 0.3) is 0 Å². The topological polar surface area (TPSA) is 78.4 Å². The maximum Gasteiger partial charge on any atom is 0.234 e. The highest BCUT2D eigenvalue weighted by Crippen LogP contribution is 2.19. The molecule has 1 aliphatic heterocycles. The number of benzene rings is 2. The number of nitrogens with one attached hydrogen (secondary N) is 1. The molecule has 1 aromatic heterocycles. The van der Waals surface area contributed by atoms with Gasteiger partial charge in [0, 0.05) is 49.2 Å². The molecule has 2 amide bonds. The number of hydrogen-bond donors (Lipinski definition) is 1. The summed E-state index contributed by atoms with van der Waals surface area (Å²) in [6.45, 7) is 4.80. The molecule has 2 heterocycles. The van der Waals surface area contributed by atoms with Crippen LogP contribution in [0.25, 0.3) is 0 Å². The molecule has 0 saturated carbocycles. The fourth-order valence-corrected chi connectivity index (χ4v) is 4.28. The summed E-state index contributed by atoms with van der Waals surface area (Å²) in [5.74, 6) is 1.11. The molecule has 3 aromatic rings. The van der Waals surface area contributed by atoms with Crippen LogP contribution in [0.3, 0.4) is 0 Å². The second kappa shape index (κ2) is 11.0. The molecule has 0 radical (unpaired) electrons. The Morgan fingerprint density at radius 1 is 0.939 bits per heavy atom. The molecule has 1 saturated heterocycles. The Hall–Kier alpha value is -3.39. The molecule has 1 fully saturated rings. The van der Waals surface area contributed by atoms with E-state index in [0.29, 0.717) is 31.2 Å². The van der Waals surface area contributed by atoms with Gasteiger partial charge < -0.3 is 15.1 Å². The minimum absolute atomic E-state index is 0.0512. The van der Waals surface area contributed by atoms with E-state index >= 15 is 0 Å². The molecule has 8 heteroatoms. The van der Waals surface area contributed by atoms with Crippen LogP contribution in [0.15, 0.2) is 71.9 Å². The number of hydrogen-bond acceptors (Lipinski definition) is 6. The van der Waals surface area contributed by atoms with Crippen molar-refractivity contribution in [1.29, 1.82) is 0 Å². The van der Waals surface area contributed by atoms with Crippen molar-refractivity contribution >= 4 is 35.2 Å². The van der Waals surface area contributed by atoms with Crippen LogP contribution in [0, 0.1) is 6.92 Å². The molecule has 1 aliphatic rings. The van der Waals surface area contributed by atoms with Gasteiger partial charge in [0.05, 0.1) is 12.2 Å². The highest BCUT2D eigenvalue weighted by Gasteiger charge is 2.22. The van der Waals surface area contributed by atoms with E-state index in [1.165, 1.54) is 17.3 Å². The normalized spacial score (nSPS) is 13.6. The van der Waals surface area contributed by atoms with Crippen molar-refractivity contribution in [2.24, 2.45) is 0 Å². The summed E-state index contributed by atoms with van der Waals surface area (Å²) in [6, 6.07) is 17.4. The smallest absolute Gasteiger partial charge is 0.234 e. The number of aryl methyl sites for hydroxylation is 1. The van der Waals surface area contributed by atoms with E-state index in [1.54, 1.807) is 18.5 Å². The van der Waals surface area contributed by atoms with Crippen LogP contribution in [0.5, 0.6) is 0 Å². The Morgan fingerprint density at radius 3 is 2.27 bits per heavy atom. The molecule has 0 bridgehead atoms. The number of anilines is 2. The SMILES string of the molecule is Cc1ccc(SCC(=O)Nc2ccc(CC(=O)N3CCN(c4ncccn4)CC3)cc2)cc1. The van der Waals surface area contributed by atoms with E-state index < -0.39 is 0 Å². The summed E-state index contributed by atoms with van der Waals surface area (Å²) in [7, 11) is 0. The quantitative estimate of drug-likeness (QED) is 0.544. The summed E-state index contributed by atoms with van der Waals surface area (Å²) >= 11 is 1.51. The van der Waals surface area contributed by atoms with Gasteiger partial charge in [-0.2, -0.15) is 0 Å². The molecule has 0 atom stereocenters. The number of rotatable bonds is 7. The van der Waals surface area contributed by atoms with Gasteiger partial charge in [-0.1, -0.05) is 29.8 Å². The first-order valence-electron chi connectivity index (χ1n) is 10.9. The van der Waals surface area contributed by atoms with Crippen molar-refractivity contribution in [3.8, 4) is 0 Å². The van der Waals surface area contributed by atoms with Gasteiger partial charge in [-0.25, -0.2) is 9.97 Å². The van der Waals surface area contributed by atoms with Crippen molar-refractivity contribution in [1.82, 2.24) is 14.9 Å². The number of nitrogens with zero attached hydrogens (tertiary/aromatic N) is 4. The van der Waals surface area contributed by atoms with Gasteiger partial charge in [-0.15, -0.1) is 11.8 Å². The minimum atomic E-state index is -0.0512. The lowest BCUT2D eigenvalue weighted by atomic mass is 10.1. The first kappa shape index (κ1) is 22.8. The van der Waals surface area contributed by atoms with Gasteiger partial charge in [-0.3, -0.25) is 9.59 Å². The molecule has 0 aliphatic carbocycles. The van der Waals surface area contributed by atoms with E-state index in [1.807, 2.05) is 60.4 Å². The number of piperazine rings is 1. The summed E-state index contributed by atoms with van der Waals surface area (Å²) in [5.41, 5.74) is 2.87. The molecule has 0 spiro atoms. The fourth-order valence-electron chi connectivity index (χ4n) is 3.58. The number of carbonyl (C=O) groups is 2. The van der Waals surface area contributed by atoms with Crippen LogP contribution >= 0.6 is 11.8 Å². The van der Waals surface area contributed by atoms with Gasteiger partial charge >= 0.3 is 0 Å². The number of carbonyl (C=O) groups excluding carboxylic acids is 2. The summed E-state index contributed by atoms with van der Waals surface area (Å²) in [4.78, 5) is 38.6. The van der Waals surface area contributed by atoms with Crippen LogP contribution in [-0.4, -0.2) is 58.6 Å². The van der Waals surface area contributed by atoms with E-state index in [0.717, 1.165) is 29.2 Å². The Kier molecular flexibility index (Phi) is 7.57. The Morgan fingerprint density at radius 2 is 1.61 bits per heavy atom. The monoisotopic (exact) mass is 461 g/mol. The molecule has 0 unspecified atom stereocenters. The number of amides is 2. The molecule has 2 aromatic carbocycles. The number of aromatic nitrogens is 2.